The number of anilines is 3. The van der Waals surface area contributed by atoms with Crippen LogP contribution in [0.15, 0.2) is 28.4 Å². The molecule has 158 valence electrons. The molecule has 10 heteroatoms. The summed E-state index contributed by atoms with van der Waals surface area (Å²) in [6, 6.07) is 5.72. The molecule has 2 aromatic rings. The fourth-order valence-corrected chi connectivity index (χ4v) is 3.49. The minimum atomic E-state index is -0.561. The molecule has 0 aliphatic carbocycles. The van der Waals surface area contributed by atoms with E-state index < -0.39 is 6.10 Å². The van der Waals surface area contributed by atoms with Crippen molar-refractivity contribution in [1.82, 2.24) is 5.10 Å². The Balaban J connectivity index is 2.41. The molecule has 2 rings (SSSR count). The molecular formula is C19H30N7O2S+. The molecule has 1 aromatic heterocycles. The summed E-state index contributed by atoms with van der Waals surface area (Å²) >= 11 is 1.37. The third kappa shape index (κ3) is 6.20. The molecule has 0 saturated carbocycles. The standard InChI is InChI=1S/C19H29N7O2S/c1-7-25(8-2)15-9-10-16(17(11-15)20-14(4)28)21-22-18-26(12-13(3)27)23-19(29-18)24(5)6/h9-11,13,27H,7-8,12H2,1-6H3/p+1. The molecule has 1 unspecified atom stereocenters. The first-order chi connectivity index (χ1) is 13.7. The molecule has 0 bridgehead atoms. The van der Waals surface area contributed by atoms with Crippen LogP contribution in [-0.4, -0.2) is 49.4 Å². The van der Waals surface area contributed by atoms with Crippen LogP contribution in [0, 0.1) is 0 Å². The van der Waals surface area contributed by atoms with Crippen molar-refractivity contribution in [3.8, 4) is 0 Å². The summed E-state index contributed by atoms with van der Waals surface area (Å²) in [4.78, 5) is 15.7. The average Bonchev–Trinajstić information content (AvgIpc) is 3.04. The van der Waals surface area contributed by atoms with Gasteiger partial charge in [0.1, 0.15) is 12.2 Å². The van der Waals surface area contributed by atoms with Gasteiger partial charge in [-0.2, -0.15) is 0 Å². The number of aliphatic hydroxyl groups is 1. The van der Waals surface area contributed by atoms with Crippen molar-refractivity contribution in [2.75, 3.05) is 42.3 Å². The van der Waals surface area contributed by atoms with Gasteiger partial charge in [-0.3, -0.25) is 4.79 Å². The first-order valence-corrected chi connectivity index (χ1v) is 10.4. The maximum absolute atomic E-state index is 11.7. The van der Waals surface area contributed by atoms with Crippen LogP contribution in [0.3, 0.4) is 0 Å². The fourth-order valence-electron chi connectivity index (χ4n) is 2.71. The highest BCUT2D eigenvalue weighted by Gasteiger charge is 2.22. The predicted octanol–water partition coefficient (Wildman–Crippen LogP) is 3.10. The molecule has 1 amide bonds. The number of benzene rings is 1. The van der Waals surface area contributed by atoms with Crippen LogP contribution in [-0.2, 0) is 11.3 Å². The molecule has 0 aliphatic heterocycles. The number of hydrogen-bond donors (Lipinski definition) is 2. The van der Waals surface area contributed by atoms with E-state index in [0.717, 1.165) is 23.9 Å². The molecule has 1 aromatic carbocycles. The molecule has 0 fully saturated rings. The van der Waals surface area contributed by atoms with E-state index in [4.69, 9.17) is 0 Å². The first-order valence-electron chi connectivity index (χ1n) is 9.59. The van der Waals surface area contributed by atoms with E-state index in [9.17, 15) is 9.90 Å². The third-order valence-corrected chi connectivity index (χ3v) is 5.20. The second-order valence-electron chi connectivity index (χ2n) is 6.85. The van der Waals surface area contributed by atoms with E-state index in [2.05, 4.69) is 39.4 Å². The fraction of sp³-hybridized carbons (Fsp3) is 0.526. The minimum absolute atomic E-state index is 0.171. The van der Waals surface area contributed by atoms with Crippen LogP contribution in [0.2, 0.25) is 0 Å². The number of amides is 1. The molecule has 0 aliphatic rings. The van der Waals surface area contributed by atoms with Crippen molar-refractivity contribution < 1.29 is 14.6 Å². The summed E-state index contributed by atoms with van der Waals surface area (Å²) < 4.78 is 1.64. The second-order valence-corrected chi connectivity index (χ2v) is 7.78. The maximum Gasteiger partial charge on any atom is 0.432 e. The molecule has 29 heavy (non-hydrogen) atoms. The van der Waals surface area contributed by atoms with Gasteiger partial charge in [0.15, 0.2) is 0 Å². The van der Waals surface area contributed by atoms with Gasteiger partial charge in [-0.25, -0.2) is 0 Å². The Morgan fingerprint density at radius 3 is 2.55 bits per heavy atom. The van der Waals surface area contributed by atoms with E-state index in [-0.39, 0.29) is 5.91 Å². The largest absolute Gasteiger partial charge is 0.432 e. The number of aliphatic hydroxyl groups excluding tert-OH is 1. The van der Waals surface area contributed by atoms with Crippen LogP contribution in [0.1, 0.15) is 27.7 Å². The van der Waals surface area contributed by atoms with Gasteiger partial charge in [-0.1, -0.05) is 5.10 Å². The Morgan fingerprint density at radius 2 is 2.00 bits per heavy atom. The molecular weight excluding hydrogens is 390 g/mol. The van der Waals surface area contributed by atoms with Crippen molar-refractivity contribution in [3.63, 3.8) is 0 Å². The Kier molecular flexibility index (Phi) is 8.03. The highest BCUT2D eigenvalue weighted by atomic mass is 32.1. The van der Waals surface area contributed by atoms with Crippen LogP contribution in [0.4, 0.5) is 27.3 Å². The molecule has 1 atom stereocenters. The van der Waals surface area contributed by atoms with Gasteiger partial charge in [0, 0.05) is 39.8 Å². The molecule has 0 spiro atoms. The number of nitrogens with one attached hydrogen (secondary N) is 1. The summed E-state index contributed by atoms with van der Waals surface area (Å²) in [6.45, 7) is 9.38. The number of hydrogen-bond acceptors (Lipinski definition) is 8. The Hall–Kier alpha value is -2.59. The van der Waals surface area contributed by atoms with Crippen LogP contribution >= 0.6 is 11.3 Å². The summed E-state index contributed by atoms with van der Waals surface area (Å²) in [5.74, 6) is -0.171. The van der Waals surface area contributed by atoms with Crippen LogP contribution in [0.5, 0.6) is 0 Å². The zero-order chi connectivity index (χ0) is 21.6. The summed E-state index contributed by atoms with van der Waals surface area (Å²) in [6.07, 6.45) is -0.561. The van der Waals surface area contributed by atoms with Gasteiger partial charge in [0.05, 0.1) is 16.9 Å². The van der Waals surface area contributed by atoms with Crippen molar-refractivity contribution in [1.29, 1.82) is 0 Å². The average molecular weight is 421 g/mol. The Morgan fingerprint density at radius 1 is 1.31 bits per heavy atom. The number of carbonyl (C=O) groups is 1. The van der Waals surface area contributed by atoms with E-state index >= 15 is 0 Å². The smallest absolute Gasteiger partial charge is 0.389 e. The lowest BCUT2D eigenvalue weighted by atomic mass is 10.2. The molecule has 9 nitrogen and oxygen atoms in total. The van der Waals surface area contributed by atoms with Gasteiger partial charge >= 0.3 is 5.13 Å². The third-order valence-electron chi connectivity index (χ3n) is 4.09. The van der Waals surface area contributed by atoms with E-state index in [0.29, 0.717) is 23.1 Å². The Labute approximate surface area is 175 Å². The number of nitrogens with zero attached hydrogens (tertiary/aromatic N) is 6. The maximum atomic E-state index is 11.7. The first kappa shape index (κ1) is 22.7. The molecule has 1 heterocycles. The van der Waals surface area contributed by atoms with Crippen molar-refractivity contribution in [2.45, 2.75) is 40.3 Å². The normalized spacial score (nSPS) is 12.2. The van der Waals surface area contributed by atoms with Gasteiger partial charge < -0.3 is 20.2 Å². The van der Waals surface area contributed by atoms with Gasteiger partial charge in [0.25, 0.3) is 0 Å². The summed E-state index contributed by atoms with van der Waals surface area (Å²) in [5.41, 5.74) is 2.17. The molecule has 2 N–H and O–H groups in total. The highest BCUT2D eigenvalue weighted by molar-refractivity contribution is 7.18. The van der Waals surface area contributed by atoms with Gasteiger partial charge in [-0.15, -0.1) is 4.68 Å². The lowest BCUT2D eigenvalue weighted by molar-refractivity contribution is -0.741. The lowest BCUT2D eigenvalue weighted by Crippen LogP contribution is -2.40. The van der Waals surface area contributed by atoms with E-state index in [1.54, 1.807) is 11.6 Å². The minimum Gasteiger partial charge on any atom is -0.389 e. The zero-order valence-electron chi connectivity index (χ0n) is 17.9. The number of aromatic nitrogens is 2. The quantitative estimate of drug-likeness (QED) is 0.480. The van der Waals surface area contributed by atoms with Gasteiger partial charge in [0.2, 0.25) is 11.0 Å². The number of carbonyl (C=O) groups excluding carboxylic acids is 1. The van der Waals surface area contributed by atoms with Crippen LogP contribution < -0.4 is 19.8 Å². The van der Waals surface area contributed by atoms with Crippen molar-refractivity contribution >= 4 is 44.6 Å². The zero-order valence-corrected chi connectivity index (χ0v) is 18.7. The predicted molar refractivity (Wildman–Crippen MR) is 117 cm³/mol. The summed E-state index contributed by atoms with van der Waals surface area (Å²) in [5, 5.41) is 27.1. The van der Waals surface area contributed by atoms with Gasteiger partial charge in [-0.05, 0) is 55.4 Å². The van der Waals surface area contributed by atoms with E-state index in [1.165, 1.54) is 18.3 Å². The molecule has 0 radical (unpaired) electrons. The second kappa shape index (κ2) is 10.3. The SMILES string of the molecule is CCN(CC)c1ccc(N=Nc2sc(N(C)C)n[n+]2CC(C)O)c(NC(C)=O)c1. The highest BCUT2D eigenvalue weighted by Crippen LogP contribution is 2.32. The molecule has 0 saturated heterocycles. The summed E-state index contributed by atoms with van der Waals surface area (Å²) in [7, 11) is 3.79. The van der Waals surface area contributed by atoms with Crippen LogP contribution in [0.25, 0.3) is 0 Å². The van der Waals surface area contributed by atoms with Crippen molar-refractivity contribution in [2.24, 2.45) is 10.2 Å². The lowest BCUT2D eigenvalue weighted by Gasteiger charge is -2.21. The Bertz CT molecular complexity index is 860. The van der Waals surface area contributed by atoms with E-state index in [1.807, 2.05) is 37.2 Å². The number of rotatable bonds is 9. The van der Waals surface area contributed by atoms with Crippen molar-refractivity contribution in [3.05, 3.63) is 18.2 Å². The number of azo groups is 1. The monoisotopic (exact) mass is 420 g/mol. The topological polar surface area (TPSA) is 97.3 Å².